The molecule has 15 heavy (non-hydrogen) atoms. The molecule has 0 spiro atoms. The van der Waals surface area contributed by atoms with Gasteiger partial charge in [-0.2, -0.15) is 0 Å². The molecule has 0 amide bonds. The fourth-order valence-corrected chi connectivity index (χ4v) is 1.56. The predicted octanol–water partition coefficient (Wildman–Crippen LogP) is 3.13. The number of hydrogen-bond donors (Lipinski definition) is 0. The zero-order valence-corrected chi connectivity index (χ0v) is 8.99. The maximum absolute atomic E-state index is 5.37. The van der Waals surface area contributed by atoms with E-state index in [4.69, 9.17) is 9.47 Å². The molecule has 2 aromatic carbocycles. The van der Waals surface area contributed by atoms with Crippen molar-refractivity contribution in [2.75, 3.05) is 13.9 Å². The molecule has 0 atom stereocenters. The van der Waals surface area contributed by atoms with E-state index in [-0.39, 0.29) is 6.79 Å². The minimum atomic E-state index is 0.289. The van der Waals surface area contributed by atoms with Crippen molar-refractivity contribution in [2.45, 2.75) is 6.92 Å². The molecule has 0 fully saturated rings. The smallest absolute Gasteiger partial charge is 0.188 e. The van der Waals surface area contributed by atoms with Gasteiger partial charge < -0.3 is 9.47 Å². The minimum absolute atomic E-state index is 0.289. The van der Waals surface area contributed by atoms with Crippen molar-refractivity contribution in [3.8, 4) is 5.75 Å². The van der Waals surface area contributed by atoms with Gasteiger partial charge in [-0.1, -0.05) is 29.8 Å². The number of ether oxygens (including phenoxy) is 2. The molecule has 0 aliphatic heterocycles. The highest BCUT2D eigenvalue weighted by atomic mass is 16.7. The number of benzene rings is 2. The van der Waals surface area contributed by atoms with Gasteiger partial charge in [0.05, 0.1) is 0 Å². The van der Waals surface area contributed by atoms with Gasteiger partial charge in [0.2, 0.25) is 0 Å². The molecule has 2 heteroatoms. The summed E-state index contributed by atoms with van der Waals surface area (Å²) >= 11 is 0. The van der Waals surface area contributed by atoms with Crippen LogP contribution in [0.1, 0.15) is 5.56 Å². The summed E-state index contributed by atoms with van der Waals surface area (Å²) in [6.45, 7) is 2.38. The van der Waals surface area contributed by atoms with Gasteiger partial charge in [-0.25, -0.2) is 0 Å². The standard InChI is InChI=1S/C13H14O2/c1-10-3-4-12-8-13(15-9-14-2)6-5-11(12)7-10/h3-8H,9H2,1-2H3. The molecule has 2 rings (SSSR count). The molecule has 0 saturated heterocycles. The maximum atomic E-state index is 5.37. The minimum Gasteiger partial charge on any atom is -0.468 e. The second-order valence-electron chi connectivity index (χ2n) is 3.56. The first-order valence-electron chi connectivity index (χ1n) is 4.92. The summed E-state index contributed by atoms with van der Waals surface area (Å²) in [7, 11) is 1.62. The topological polar surface area (TPSA) is 18.5 Å². The second-order valence-corrected chi connectivity index (χ2v) is 3.56. The Labute approximate surface area is 89.4 Å². The summed E-state index contributed by atoms with van der Waals surface area (Å²) in [4.78, 5) is 0. The first-order valence-corrected chi connectivity index (χ1v) is 4.92. The molecular formula is C13H14O2. The van der Waals surface area contributed by atoms with Crippen LogP contribution in [0, 0.1) is 6.92 Å². The van der Waals surface area contributed by atoms with E-state index in [1.165, 1.54) is 16.3 Å². The monoisotopic (exact) mass is 202 g/mol. The number of hydrogen-bond acceptors (Lipinski definition) is 2. The van der Waals surface area contributed by atoms with E-state index in [0.29, 0.717) is 0 Å². The van der Waals surface area contributed by atoms with Gasteiger partial charge in [-0.15, -0.1) is 0 Å². The van der Waals surface area contributed by atoms with Gasteiger partial charge in [0.25, 0.3) is 0 Å². The van der Waals surface area contributed by atoms with Crippen molar-refractivity contribution in [1.82, 2.24) is 0 Å². The van der Waals surface area contributed by atoms with Crippen molar-refractivity contribution in [3.63, 3.8) is 0 Å². The Hall–Kier alpha value is -1.54. The Morgan fingerprint density at radius 3 is 2.53 bits per heavy atom. The molecule has 0 bridgehead atoms. The van der Waals surface area contributed by atoms with Crippen LogP contribution in [0.15, 0.2) is 36.4 Å². The van der Waals surface area contributed by atoms with E-state index >= 15 is 0 Å². The third kappa shape index (κ3) is 2.28. The van der Waals surface area contributed by atoms with Crippen LogP contribution in [0.5, 0.6) is 5.75 Å². The first kappa shape index (κ1) is 9.99. The summed E-state index contributed by atoms with van der Waals surface area (Å²) in [5.41, 5.74) is 1.27. The van der Waals surface area contributed by atoms with Crippen LogP contribution in [0.2, 0.25) is 0 Å². The molecule has 0 radical (unpaired) electrons. The van der Waals surface area contributed by atoms with Gasteiger partial charge in [0.1, 0.15) is 5.75 Å². The van der Waals surface area contributed by atoms with Crippen molar-refractivity contribution in [2.24, 2.45) is 0 Å². The number of rotatable bonds is 3. The Morgan fingerprint density at radius 2 is 1.73 bits per heavy atom. The van der Waals surface area contributed by atoms with Crippen LogP contribution in [-0.4, -0.2) is 13.9 Å². The fraction of sp³-hybridized carbons (Fsp3) is 0.231. The summed E-state index contributed by atoms with van der Waals surface area (Å²) in [5, 5.41) is 2.42. The van der Waals surface area contributed by atoms with E-state index in [1.807, 2.05) is 12.1 Å². The molecule has 2 aromatic rings. The Balaban J connectivity index is 2.34. The lowest BCUT2D eigenvalue weighted by atomic mass is 10.1. The summed E-state index contributed by atoms with van der Waals surface area (Å²) in [5.74, 6) is 0.841. The van der Waals surface area contributed by atoms with Crippen molar-refractivity contribution in [1.29, 1.82) is 0 Å². The number of fused-ring (bicyclic) bond motifs is 1. The summed E-state index contributed by atoms with van der Waals surface area (Å²) < 4.78 is 10.2. The zero-order valence-electron chi connectivity index (χ0n) is 8.99. The van der Waals surface area contributed by atoms with E-state index < -0.39 is 0 Å². The molecule has 0 aromatic heterocycles. The molecular weight excluding hydrogens is 188 g/mol. The molecule has 0 unspecified atom stereocenters. The fourth-order valence-electron chi connectivity index (χ4n) is 1.56. The van der Waals surface area contributed by atoms with E-state index in [1.54, 1.807) is 7.11 Å². The van der Waals surface area contributed by atoms with Crippen molar-refractivity contribution >= 4 is 10.8 Å². The molecule has 0 aliphatic carbocycles. The molecule has 0 N–H and O–H groups in total. The molecule has 0 heterocycles. The molecule has 0 aliphatic rings. The van der Waals surface area contributed by atoms with Gasteiger partial charge >= 0.3 is 0 Å². The van der Waals surface area contributed by atoms with Crippen LogP contribution in [0.4, 0.5) is 0 Å². The largest absolute Gasteiger partial charge is 0.468 e. The predicted molar refractivity (Wildman–Crippen MR) is 61.2 cm³/mol. The summed E-state index contributed by atoms with van der Waals surface area (Å²) in [6.07, 6.45) is 0. The second kappa shape index (κ2) is 4.32. The Bertz CT molecular complexity index is 463. The van der Waals surface area contributed by atoms with Gasteiger partial charge in [0.15, 0.2) is 6.79 Å². The van der Waals surface area contributed by atoms with E-state index in [9.17, 15) is 0 Å². The van der Waals surface area contributed by atoms with Crippen LogP contribution in [0.25, 0.3) is 10.8 Å². The van der Waals surface area contributed by atoms with Crippen molar-refractivity contribution < 1.29 is 9.47 Å². The highest BCUT2D eigenvalue weighted by molar-refractivity contribution is 5.84. The zero-order chi connectivity index (χ0) is 10.7. The lowest BCUT2D eigenvalue weighted by molar-refractivity contribution is 0.0512. The van der Waals surface area contributed by atoms with Gasteiger partial charge in [-0.05, 0) is 29.8 Å². The highest BCUT2D eigenvalue weighted by Crippen LogP contribution is 2.21. The summed E-state index contributed by atoms with van der Waals surface area (Å²) in [6, 6.07) is 12.4. The lowest BCUT2D eigenvalue weighted by Crippen LogP contribution is -1.98. The Kier molecular flexibility index (Phi) is 2.88. The van der Waals surface area contributed by atoms with Crippen LogP contribution in [-0.2, 0) is 4.74 Å². The third-order valence-electron chi connectivity index (χ3n) is 2.31. The first-order chi connectivity index (χ1) is 7.29. The lowest BCUT2D eigenvalue weighted by Gasteiger charge is -2.06. The van der Waals surface area contributed by atoms with Crippen LogP contribution >= 0.6 is 0 Å². The highest BCUT2D eigenvalue weighted by Gasteiger charge is 1.97. The number of aryl methyl sites for hydroxylation is 1. The van der Waals surface area contributed by atoms with Crippen molar-refractivity contribution in [3.05, 3.63) is 42.0 Å². The maximum Gasteiger partial charge on any atom is 0.188 e. The Morgan fingerprint density at radius 1 is 1.00 bits per heavy atom. The third-order valence-corrected chi connectivity index (χ3v) is 2.31. The average molecular weight is 202 g/mol. The van der Waals surface area contributed by atoms with E-state index in [2.05, 4.69) is 31.2 Å². The van der Waals surface area contributed by atoms with Crippen LogP contribution < -0.4 is 4.74 Å². The van der Waals surface area contributed by atoms with E-state index in [0.717, 1.165) is 5.75 Å². The average Bonchev–Trinajstić information content (AvgIpc) is 2.26. The quantitative estimate of drug-likeness (QED) is 0.712. The normalized spacial score (nSPS) is 10.5. The number of methoxy groups -OCH3 is 1. The van der Waals surface area contributed by atoms with Gasteiger partial charge in [0, 0.05) is 7.11 Å². The molecule has 78 valence electrons. The van der Waals surface area contributed by atoms with Gasteiger partial charge in [-0.3, -0.25) is 0 Å². The molecule has 2 nitrogen and oxygen atoms in total. The molecule has 0 saturated carbocycles. The van der Waals surface area contributed by atoms with Crippen LogP contribution in [0.3, 0.4) is 0 Å². The SMILES string of the molecule is COCOc1ccc2cc(C)ccc2c1.